The predicted octanol–water partition coefficient (Wildman–Crippen LogP) is 5.83. The van der Waals surface area contributed by atoms with Crippen LogP contribution in [0.4, 0.5) is 23.0 Å². The first-order valence-electron chi connectivity index (χ1n) is 9.75. The van der Waals surface area contributed by atoms with Gasteiger partial charge >= 0.3 is 5.97 Å². The fourth-order valence-corrected chi connectivity index (χ4v) is 3.18. The fourth-order valence-electron chi connectivity index (χ4n) is 2.99. The van der Waals surface area contributed by atoms with Gasteiger partial charge in [0.2, 0.25) is 0 Å². The second kappa shape index (κ2) is 8.28. The van der Waals surface area contributed by atoms with Gasteiger partial charge in [-0.05, 0) is 57.2 Å². The van der Waals surface area contributed by atoms with Gasteiger partial charge in [0.1, 0.15) is 17.2 Å². The zero-order chi connectivity index (χ0) is 22.0. The van der Waals surface area contributed by atoms with Gasteiger partial charge < -0.3 is 15.4 Å². The first-order valence-corrected chi connectivity index (χ1v) is 10.1. The van der Waals surface area contributed by atoms with Crippen LogP contribution in [0.2, 0.25) is 5.02 Å². The van der Waals surface area contributed by atoms with Crippen LogP contribution in [0.15, 0.2) is 66.9 Å². The van der Waals surface area contributed by atoms with Crippen LogP contribution in [0.25, 0.3) is 5.65 Å². The van der Waals surface area contributed by atoms with E-state index in [1.165, 1.54) is 0 Å². The number of anilines is 4. The molecule has 0 saturated carbocycles. The number of nitrogens with one attached hydrogen (secondary N) is 2. The summed E-state index contributed by atoms with van der Waals surface area (Å²) in [6.45, 7) is 5.52. The Morgan fingerprint density at radius 2 is 1.74 bits per heavy atom. The maximum atomic E-state index is 12.4. The van der Waals surface area contributed by atoms with E-state index >= 15 is 0 Å². The summed E-state index contributed by atoms with van der Waals surface area (Å²) < 4.78 is 7.15. The van der Waals surface area contributed by atoms with Gasteiger partial charge in [0.05, 0.1) is 11.8 Å². The average molecular weight is 436 g/mol. The van der Waals surface area contributed by atoms with Crippen LogP contribution in [-0.2, 0) is 4.74 Å². The van der Waals surface area contributed by atoms with Crippen molar-refractivity contribution >= 4 is 46.2 Å². The lowest BCUT2D eigenvalue weighted by atomic mass is 10.1. The van der Waals surface area contributed by atoms with Crippen molar-refractivity contribution in [1.82, 2.24) is 14.6 Å². The fraction of sp³-hybridized carbons (Fsp3) is 0.174. The predicted molar refractivity (Wildman–Crippen MR) is 123 cm³/mol. The number of ether oxygens (including phenoxy) is 1. The lowest BCUT2D eigenvalue weighted by Gasteiger charge is -2.19. The quantitative estimate of drug-likeness (QED) is 0.384. The van der Waals surface area contributed by atoms with Gasteiger partial charge in [0.15, 0.2) is 5.65 Å². The van der Waals surface area contributed by atoms with E-state index < -0.39 is 5.60 Å². The Morgan fingerprint density at radius 1 is 1.00 bits per heavy atom. The second-order valence-electron chi connectivity index (χ2n) is 7.97. The molecule has 0 aliphatic rings. The van der Waals surface area contributed by atoms with Crippen molar-refractivity contribution in [3.05, 3.63) is 77.4 Å². The number of rotatable bonds is 5. The summed E-state index contributed by atoms with van der Waals surface area (Å²) in [5.74, 6) is 0.931. The van der Waals surface area contributed by atoms with E-state index in [4.69, 9.17) is 16.3 Å². The molecular weight excluding hydrogens is 414 g/mol. The SMILES string of the molecule is CC(C)(C)OC(=O)c1cccc(Nc2cc(Nc3cccc(Cl)c3)nc3ccnn23)c1. The number of esters is 1. The smallest absolute Gasteiger partial charge is 0.338 e. The average Bonchev–Trinajstić information content (AvgIpc) is 3.16. The Kier molecular flexibility index (Phi) is 5.52. The normalized spacial score (nSPS) is 11.4. The highest BCUT2D eigenvalue weighted by Gasteiger charge is 2.18. The van der Waals surface area contributed by atoms with Crippen LogP contribution in [0.3, 0.4) is 0 Å². The molecule has 0 aliphatic heterocycles. The number of benzene rings is 2. The van der Waals surface area contributed by atoms with Crippen LogP contribution in [0.1, 0.15) is 31.1 Å². The third-order valence-corrected chi connectivity index (χ3v) is 4.46. The summed E-state index contributed by atoms with van der Waals surface area (Å²) in [5.41, 5.74) is 2.11. The molecule has 0 saturated heterocycles. The summed E-state index contributed by atoms with van der Waals surface area (Å²) in [6.07, 6.45) is 1.67. The monoisotopic (exact) mass is 435 g/mol. The molecule has 0 fully saturated rings. The van der Waals surface area contributed by atoms with E-state index in [0.717, 1.165) is 11.4 Å². The van der Waals surface area contributed by atoms with Gasteiger partial charge in [0.25, 0.3) is 0 Å². The van der Waals surface area contributed by atoms with E-state index in [1.807, 2.05) is 63.2 Å². The molecule has 0 spiro atoms. The van der Waals surface area contributed by atoms with E-state index in [1.54, 1.807) is 28.9 Å². The third-order valence-electron chi connectivity index (χ3n) is 4.23. The molecule has 8 heteroatoms. The van der Waals surface area contributed by atoms with Crippen LogP contribution < -0.4 is 10.6 Å². The number of nitrogens with zero attached hydrogens (tertiary/aromatic N) is 3. The molecule has 4 rings (SSSR count). The van der Waals surface area contributed by atoms with Crippen LogP contribution >= 0.6 is 11.6 Å². The largest absolute Gasteiger partial charge is 0.456 e. The topological polar surface area (TPSA) is 80.5 Å². The molecule has 4 aromatic rings. The maximum Gasteiger partial charge on any atom is 0.338 e. The van der Waals surface area contributed by atoms with E-state index in [9.17, 15) is 4.79 Å². The molecule has 2 aromatic carbocycles. The Balaban J connectivity index is 1.63. The molecule has 0 amide bonds. The van der Waals surface area contributed by atoms with Gasteiger partial charge in [-0.15, -0.1) is 0 Å². The minimum absolute atomic E-state index is 0.376. The number of hydrogen-bond donors (Lipinski definition) is 2. The molecule has 2 N–H and O–H groups in total. The zero-order valence-electron chi connectivity index (χ0n) is 17.4. The summed E-state index contributed by atoms with van der Waals surface area (Å²) in [7, 11) is 0. The standard InChI is InChI=1S/C23H22ClN5O2/c1-23(2,3)31-22(30)15-6-4-8-17(12-15)27-21-14-19(28-20-10-11-25-29(20)21)26-18-9-5-7-16(24)13-18/h4-14,27H,1-3H3,(H,26,28). The number of aromatic nitrogens is 3. The zero-order valence-corrected chi connectivity index (χ0v) is 18.1. The highest BCUT2D eigenvalue weighted by atomic mass is 35.5. The number of halogens is 1. The van der Waals surface area contributed by atoms with Crippen molar-refractivity contribution in [2.75, 3.05) is 10.6 Å². The van der Waals surface area contributed by atoms with Crippen molar-refractivity contribution in [3.8, 4) is 0 Å². The Bertz CT molecular complexity index is 1250. The summed E-state index contributed by atoms with van der Waals surface area (Å²) in [4.78, 5) is 17.0. The van der Waals surface area contributed by atoms with Gasteiger partial charge in [-0.2, -0.15) is 9.61 Å². The molecular formula is C23H22ClN5O2. The molecule has 2 aromatic heterocycles. The first kappa shape index (κ1) is 20.7. The molecule has 0 aliphatic carbocycles. The Labute approximate surface area is 185 Å². The van der Waals surface area contributed by atoms with Crippen molar-refractivity contribution in [1.29, 1.82) is 0 Å². The highest BCUT2D eigenvalue weighted by molar-refractivity contribution is 6.30. The van der Waals surface area contributed by atoms with E-state index in [-0.39, 0.29) is 5.97 Å². The van der Waals surface area contributed by atoms with Gasteiger partial charge in [-0.1, -0.05) is 23.7 Å². The number of hydrogen-bond acceptors (Lipinski definition) is 6. The molecule has 0 radical (unpaired) electrons. The Morgan fingerprint density at radius 3 is 2.48 bits per heavy atom. The van der Waals surface area contributed by atoms with Crippen LogP contribution in [0, 0.1) is 0 Å². The van der Waals surface area contributed by atoms with E-state index in [0.29, 0.717) is 27.9 Å². The van der Waals surface area contributed by atoms with Crippen LogP contribution in [0.5, 0.6) is 0 Å². The molecule has 2 heterocycles. The minimum atomic E-state index is -0.562. The first-order chi connectivity index (χ1) is 14.8. The summed E-state index contributed by atoms with van der Waals surface area (Å²) >= 11 is 6.08. The summed E-state index contributed by atoms with van der Waals surface area (Å²) in [5, 5.41) is 11.5. The highest BCUT2D eigenvalue weighted by Crippen LogP contribution is 2.25. The van der Waals surface area contributed by atoms with Crippen molar-refractivity contribution in [3.63, 3.8) is 0 Å². The van der Waals surface area contributed by atoms with Gasteiger partial charge in [0, 0.05) is 28.5 Å². The Hall–Kier alpha value is -3.58. The van der Waals surface area contributed by atoms with Crippen LogP contribution in [-0.4, -0.2) is 26.2 Å². The van der Waals surface area contributed by atoms with Gasteiger partial charge in [-0.25, -0.2) is 9.78 Å². The van der Waals surface area contributed by atoms with Crippen molar-refractivity contribution in [2.45, 2.75) is 26.4 Å². The van der Waals surface area contributed by atoms with E-state index in [2.05, 4.69) is 20.7 Å². The van der Waals surface area contributed by atoms with Crippen molar-refractivity contribution < 1.29 is 9.53 Å². The number of carbonyl (C=O) groups excluding carboxylic acids is 1. The molecule has 0 bridgehead atoms. The maximum absolute atomic E-state index is 12.4. The lowest BCUT2D eigenvalue weighted by molar-refractivity contribution is 0.00696. The third kappa shape index (κ3) is 5.13. The second-order valence-corrected chi connectivity index (χ2v) is 8.41. The molecule has 0 atom stereocenters. The molecule has 31 heavy (non-hydrogen) atoms. The number of fused-ring (bicyclic) bond motifs is 1. The minimum Gasteiger partial charge on any atom is -0.456 e. The molecule has 7 nitrogen and oxygen atoms in total. The van der Waals surface area contributed by atoms with Crippen molar-refractivity contribution in [2.24, 2.45) is 0 Å². The summed E-state index contributed by atoms with van der Waals surface area (Å²) in [6, 6.07) is 18.2. The molecule has 0 unspecified atom stereocenters. The molecule has 158 valence electrons. The number of carbonyl (C=O) groups is 1. The lowest BCUT2D eigenvalue weighted by Crippen LogP contribution is -2.23. The van der Waals surface area contributed by atoms with Gasteiger partial charge in [-0.3, -0.25) is 0 Å².